The third kappa shape index (κ3) is 4.50. The smallest absolute Gasteiger partial charge is 0.246 e. The molecule has 1 saturated heterocycles. The lowest BCUT2D eigenvalue weighted by Crippen LogP contribution is -2.45. The van der Waals surface area contributed by atoms with E-state index in [9.17, 15) is 4.79 Å². The molecule has 5 heteroatoms. The molecule has 1 saturated carbocycles. The number of rotatable bonds is 6. The van der Waals surface area contributed by atoms with Crippen molar-refractivity contribution in [1.82, 2.24) is 5.32 Å². The van der Waals surface area contributed by atoms with Gasteiger partial charge in [0.1, 0.15) is 6.61 Å². The maximum absolute atomic E-state index is 12.2. The zero-order valence-electron chi connectivity index (χ0n) is 14.1. The van der Waals surface area contributed by atoms with Crippen molar-refractivity contribution < 1.29 is 14.3 Å². The topological polar surface area (TPSA) is 47.6 Å². The minimum Gasteiger partial charge on any atom is -0.381 e. The molecular weight excluding hydrogens is 326 g/mol. The molecule has 0 unspecified atom stereocenters. The van der Waals surface area contributed by atoms with Gasteiger partial charge in [0, 0.05) is 30.2 Å². The second kappa shape index (κ2) is 8.32. The van der Waals surface area contributed by atoms with Crippen LogP contribution in [0.1, 0.15) is 44.1 Å². The summed E-state index contributed by atoms with van der Waals surface area (Å²) in [7, 11) is 0. The summed E-state index contributed by atoms with van der Waals surface area (Å²) in [4.78, 5) is 12.2. The first-order chi connectivity index (χ1) is 11.7. The highest BCUT2D eigenvalue weighted by Gasteiger charge is 2.35. The van der Waals surface area contributed by atoms with Gasteiger partial charge in [-0.25, -0.2) is 0 Å². The predicted octanol–water partition coefficient (Wildman–Crippen LogP) is 3.46. The highest BCUT2D eigenvalue weighted by molar-refractivity contribution is 6.30. The van der Waals surface area contributed by atoms with Gasteiger partial charge < -0.3 is 14.8 Å². The SMILES string of the molecule is O=C(COC1CCCC1)NCC1(c2cccc(Cl)c2)CCOCC1. The van der Waals surface area contributed by atoms with Crippen LogP contribution in [-0.4, -0.2) is 38.4 Å². The standard InChI is InChI=1S/C19H26ClNO3/c20-16-5-3-4-15(12-16)19(8-10-23-11-9-19)14-21-18(22)13-24-17-6-1-2-7-17/h3-5,12,17H,1-2,6-11,13-14H2,(H,21,22). The Morgan fingerprint density at radius 3 is 2.75 bits per heavy atom. The summed E-state index contributed by atoms with van der Waals surface area (Å²) in [5.41, 5.74) is 1.07. The molecule has 1 aromatic rings. The molecular formula is C19H26ClNO3. The Balaban J connectivity index is 1.59. The largest absolute Gasteiger partial charge is 0.381 e. The fourth-order valence-electron chi connectivity index (χ4n) is 3.72. The molecule has 4 nitrogen and oxygen atoms in total. The van der Waals surface area contributed by atoms with Crippen molar-refractivity contribution in [2.45, 2.75) is 50.0 Å². The third-order valence-electron chi connectivity index (χ3n) is 5.26. The number of carbonyl (C=O) groups excluding carboxylic acids is 1. The lowest BCUT2D eigenvalue weighted by Gasteiger charge is -2.38. The number of nitrogens with one attached hydrogen (secondary N) is 1. The summed E-state index contributed by atoms with van der Waals surface area (Å²) in [5.74, 6) is -0.0326. The van der Waals surface area contributed by atoms with E-state index in [0.29, 0.717) is 19.8 Å². The van der Waals surface area contributed by atoms with Gasteiger partial charge >= 0.3 is 0 Å². The first kappa shape index (κ1) is 17.7. The van der Waals surface area contributed by atoms with E-state index in [1.165, 1.54) is 18.4 Å². The maximum atomic E-state index is 12.2. The van der Waals surface area contributed by atoms with Gasteiger partial charge in [0.05, 0.1) is 6.10 Å². The van der Waals surface area contributed by atoms with Crippen LogP contribution in [0.3, 0.4) is 0 Å². The molecule has 1 aromatic carbocycles. The van der Waals surface area contributed by atoms with Crippen LogP contribution in [0, 0.1) is 0 Å². The van der Waals surface area contributed by atoms with Crippen LogP contribution in [-0.2, 0) is 19.7 Å². The van der Waals surface area contributed by atoms with Crippen molar-refractivity contribution in [2.75, 3.05) is 26.4 Å². The number of ether oxygens (including phenoxy) is 2. The summed E-state index contributed by atoms with van der Waals surface area (Å²) >= 11 is 6.17. The van der Waals surface area contributed by atoms with E-state index in [2.05, 4.69) is 11.4 Å². The number of hydrogen-bond donors (Lipinski definition) is 1. The zero-order valence-corrected chi connectivity index (χ0v) is 14.8. The molecule has 132 valence electrons. The molecule has 1 aliphatic heterocycles. The summed E-state index contributed by atoms with van der Waals surface area (Å²) in [6.45, 7) is 2.18. The van der Waals surface area contributed by atoms with Crippen molar-refractivity contribution in [3.8, 4) is 0 Å². The Bertz CT molecular complexity index is 551. The lowest BCUT2D eigenvalue weighted by atomic mass is 9.74. The zero-order chi connectivity index (χ0) is 16.8. The Morgan fingerprint density at radius 2 is 2.04 bits per heavy atom. The quantitative estimate of drug-likeness (QED) is 0.853. The van der Waals surface area contributed by atoms with E-state index >= 15 is 0 Å². The average molecular weight is 352 g/mol. The van der Waals surface area contributed by atoms with E-state index in [4.69, 9.17) is 21.1 Å². The van der Waals surface area contributed by atoms with Crippen molar-refractivity contribution in [3.63, 3.8) is 0 Å². The minimum absolute atomic E-state index is 0.0326. The minimum atomic E-state index is -0.105. The van der Waals surface area contributed by atoms with Gasteiger partial charge in [0.2, 0.25) is 5.91 Å². The summed E-state index contributed by atoms with van der Waals surface area (Å²) in [6, 6.07) is 7.96. The van der Waals surface area contributed by atoms with Crippen molar-refractivity contribution in [3.05, 3.63) is 34.9 Å². The molecule has 0 radical (unpaired) electrons. The lowest BCUT2D eigenvalue weighted by molar-refractivity contribution is -0.128. The number of halogens is 1. The fourth-order valence-corrected chi connectivity index (χ4v) is 3.91. The first-order valence-corrected chi connectivity index (χ1v) is 9.28. The number of carbonyl (C=O) groups is 1. The highest BCUT2D eigenvalue weighted by atomic mass is 35.5. The number of hydrogen-bond acceptors (Lipinski definition) is 3. The molecule has 1 N–H and O–H groups in total. The Kier molecular flexibility index (Phi) is 6.14. The van der Waals surface area contributed by atoms with Gasteiger partial charge in [-0.3, -0.25) is 4.79 Å². The van der Waals surface area contributed by atoms with Gasteiger partial charge in [-0.2, -0.15) is 0 Å². The monoisotopic (exact) mass is 351 g/mol. The predicted molar refractivity (Wildman–Crippen MR) is 94.4 cm³/mol. The Hall–Kier alpha value is -1.10. The molecule has 3 rings (SSSR count). The highest BCUT2D eigenvalue weighted by Crippen LogP contribution is 2.35. The molecule has 0 atom stereocenters. The van der Waals surface area contributed by atoms with E-state index in [1.807, 2.05) is 18.2 Å². The average Bonchev–Trinajstić information content (AvgIpc) is 3.12. The number of benzene rings is 1. The van der Waals surface area contributed by atoms with Crippen molar-refractivity contribution in [1.29, 1.82) is 0 Å². The van der Waals surface area contributed by atoms with Gasteiger partial charge in [0.15, 0.2) is 0 Å². The third-order valence-corrected chi connectivity index (χ3v) is 5.50. The summed E-state index contributed by atoms with van der Waals surface area (Å²) in [5, 5.41) is 3.80. The van der Waals surface area contributed by atoms with Crippen LogP contribution in [0.4, 0.5) is 0 Å². The van der Waals surface area contributed by atoms with E-state index < -0.39 is 0 Å². The fraction of sp³-hybridized carbons (Fsp3) is 0.632. The first-order valence-electron chi connectivity index (χ1n) is 8.90. The van der Waals surface area contributed by atoms with Crippen LogP contribution < -0.4 is 5.32 Å². The second-order valence-corrected chi connectivity index (χ2v) is 7.33. The van der Waals surface area contributed by atoms with Crippen LogP contribution in [0.5, 0.6) is 0 Å². The Labute approximate surface area is 148 Å². The molecule has 0 aromatic heterocycles. The molecule has 0 bridgehead atoms. The molecule has 0 spiro atoms. The van der Waals surface area contributed by atoms with Crippen molar-refractivity contribution >= 4 is 17.5 Å². The second-order valence-electron chi connectivity index (χ2n) is 6.90. The molecule has 1 amide bonds. The molecule has 24 heavy (non-hydrogen) atoms. The van der Waals surface area contributed by atoms with E-state index in [0.717, 1.165) is 30.7 Å². The molecule has 1 heterocycles. The van der Waals surface area contributed by atoms with Crippen LogP contribution in [0.2, 0.25) is 5.02 Å². The van der Waals surface area contributed by atoms with Gasteiger partial charge in [-0.05, 0) is 43.4 Å². The van der Waals surface area contributed by atoms with Gasteiger partial charge in [0.25, 0.3) is 0 Å². The summed E-state index contributed by atoms with van der Waals surface area (Å²) < 4.78 is 11.2. The van der Waals surface area contributed by atoms with Crippen molar-refractivity contribution in [2.24, 2.45) is 0 Å². The molecule has 1 aliphatic carbocycles. The molecule has 2 aliphatic rings. The normalized spacial score (nSPS) is 20.9. The Morgan fingerprint density at radius 1 is 1.29 bits per heavy atom. The maximum Gasteiger partial charge on any atom is 0.246 e. The van der Waals surface area contributed by atoms with Gasteiger partial charge in [-0.15, -0.1) is 0 Å². The van der Waals surface area contributed by atoms with E-state index in [-0.39, 0.29) is 24.0 Å². The van der Waals surface area contributed by atoms with Crippen LogP contribution in [0.15, 0.2) is 24.3 Å². The number of amides is 1. The van der Waals surface area contributed by atoms with Crippen LogP contribution >= 0.6 is 11.6 Å². The molecule has 2 fully saturated rings. The van der Waals surface area contributed by atoms with Crippen LogP contribution in [0.25, 0.3) is 0 Å². The summed E-state index contributed by atoms with van der Waals surface area (Å²) in [6.07, 6.45) is 6.62. The van der Waals surface area contributed by atoms with E-state index in [1.54, 1.807) is 0 Å². The van der Waals surface area contributed by atoms with Gasteiger partial charge in [-0.1, -0.05) is 36.6 Å².